The minimum atomic E-state index is -0.923. The molecule has 162 valence electrons. The fourth-order valence-electron chi connectivity index (χ4n) is 3.19. The summed E-state index contributed by atoms with van der Waals surface area (Å²) in [6, 6.07) is 1.46. The summed E-state index contributed by atoms with van der Waals surface area (Å²) in [6.45, 7) is 8.57. The smallest absolute Gasteiger partial charge is 0.346 e. The summed E-state index contributed by atoms with van der Waals surface area (Å²) < 4.78 is 15.4. The van der Waals surface area contributed by atoms with Crippen molar-refractivity contribution in [3.05, 3.63) is 61.4 Å². The Morgan fingerprint density at radius 1 is 1.10 bits per heavy atom. The van der Waals surface area contributed by atoms with Crippen LogP contribution in [-0.2, 0) is 19.1 Å². The van der Waals surface area contributed by atoms with Crippen LogP contribution in [0.4, 0.5) is 0 Å². The fourth-order valence-corrected chi connectivity index (χ4v) is 3.87. The number of carbonyl (C=O) groups excluding carboxylic acids is 2. The molecule has 1 aromatic rings. The molecule has 1 N–H and O–H groups in total. The van der Waals surface area contributed by atoms with E-state index in [1.807, 2.05) is 0 Å². The van der Waals surface area contributed by atoms with Gasteiger partial charge in [0.05, 0.1) is 40.0 Å². The Kier molecular flexibility index (Phi) is 7.92. The van der Waals surface area contributed by atoms with Crippen LogP contribution in [-0.4, -0.2) is 25.2 Å². The van der Waals surface area contributed by atoms with Gasteiger partial charge in [-0.25, -0.2) is 14.4 Å². The fraction of sp³-hybridized carbons (Fsp3) is 0.381. The molecule has 30 heavy (non-hydrogen) atoms. The third kappa shape index (κ3) is 4.96. The van der Waals surface area contributed by atoms with Gasteiger partial charge in [-0.15, -0.1) is 0 Å². The molecule has 0 bridgehead atoms. The van der Waals surface area contributed by atoms with E-state index in [-0.39, 0.29) is 40.0 Å². The Hall–Kier alpha value is -2.51. The van der Waals surface area contributed by atoms with Crippen LogP contribution in [0.1, 0.15) is 39.0 Å². The van der Waals surface area contributed by atoms with E-state index in [1.54, 1.807) is 34.6 Å². The number of nitrogens with one attached hydrogen (secondary N) is 1. The number of rotatable bonds is 6. The van der Waals surface area contributed by atoms with Crippen molar-refractivity contribution in [3.63, 3.8) is 0 Å². The van der Waals surface area contributed by atoms with Crippen LogP contribution in [0, 0.1) is 12.8 Å². The Morgan fingerprint density at radius 2 is 1.60 bits per heavy atom. The number of allylic oxidation sites excluding steroid dienone is 3. The monoisotopic (exact) mass is 455 g/mol. The maximum absolute atomic E-state index is 12.7. The highest BCUT2D eigenvalue weighted by Crippen LogP contribution is 2.36. The molecule has 0 amide bonds. The van der Waals surface area contributed by atoms with Crippen molar-refractivity contribution >= 4 is 40.2 Å². The Morgan fingerprint density at radius 3 is 2.03 bits per heavy atom. The van der Waals surface area contributed by atoms with Crippen LogP contribution in [0.2, 0.25) is 5.02 Å². The summed E-state index contributed by atoms with van der Waals surface area (Å²) in [5.41, 5.74) is 0.544. The van der Waals surface area contributed by atoms with Crippen molar-refractivity contribution in [1.82, 2.24) is 5.32 Å². The molecule has 0 unspecified atom stereocenters. The number of hydrogen-bond donors (Lipinski definition) is 1. The lowest BCUT2D eigenvalue weighted by Crippen LogP contribution is -2.33. The lowest BCUT2D eigenvalue weighted by molar-refractivity contribution is -0.139. The molecule has 0 saturated carbocycles. The molecule has 2 heterocycles. The lowest BCUT2D eigenvalue weighted by Gasteiger charge is -2.28. The number of ether oxygens (including phenoxy) is 2. The van der Waals surface area contributed by atoms with Gasteiger partial charge in [-0.1, -0.05) is 29.3 Å². The van der Waals surface area contributed by atoms with E-state index in [4.69, 9.17) is 37.1 Å². The van der Waals surface area contributed by atoms with Gasteiger partial charge in [0.2, 0.25) is 0 Å². The second-order valence-corrected chi connectivity index (χ2v) is 7.32. The first-order chi connectivity index (χ1) is 14.1. The van der Waals surface area contributed by atoms with Crippen molar-refractivity contribution in [2.75, 3.05) is 13.2 Å². The highest BCUT2D eigenvalue weighted by atomic mass is 35.5. The van der Waals surface area contributed by atoms with Gasteiger partial charge in [-0.05, 0) is 40.7 Å². The van der Waals surface area contributed by atoms with Gasteiger partial charge in [0.25, 0.3) is 0 Å². The van der Waals surface area contributed by atoms with E-state index in [0.717, 1.165) is 0 Å². The number of aryl methyl sites for hydroxylation is 1. The average Bonchev–Trinajstić information content (AvgIpc) is 2.60. The number of carbonyl (C=O) groups is 2. The Labute approximate surface area is 184 Å². The molecule has 0 spiro atoms. The molecular formula is C21H23Cl2NO6. The normalized spacial score (nSPS) is 15.2. The minimum absolute atomic E-state index is 0.0650. The van der Waals surface area contributed by atoms with Gasteiger partial charge in [0, 0.05) is 17.3 Å². The summed E-state index contributed by atoms with van der Waals surface area (Å²) in [7, 11) is 0. The molecule has 0 saturated heterocycles. The molecule has 0 fully saturated rings. The molecule has 1 aliphatic rings. The van der Waals surface area contributed by atoms with Crippen LogP contribution in [0.5, 0.6) is 0 Å². The topological polar surface area (TPSA) is 94.8 Å². The summed E-state index contributed by atoms with van der Waals surface area (Å²) >= 11 is 12.6. The zero-order chi connectivity index (χ0) is 22.6. The third-order valence-electron chi connectivity index (χ3n) is 4.37. The zero-order valence-corrected chi connectivity index (χ0v) is 18.9. The number of halogens is 2. The van der Waals surface area contributed by atoms with Gasteiger partial charge in [-0.2, -0.15) is 0 Å². The third-order valence-corrected chi connectivity index (χ3v) is 4.99. The Balaban J connectivity index is 2.70. The Bertz CT molecular complexity index is 979. The van der Waals surface area contributed by atoms with Crippen LogP contribution >= 0.6 is 23.2 Å². The quantitative estimate of drug-likeness (QED) is 0.645. The zero-order valence-electron chi connectivity index (χ0n) is 17.4. The van der Waals surface area contributed by atoms with E-state index in [0.29, 0.717) is 17.2 Å². The summed E-state index contributed by atoms with van der Waals surface area (Å²) in [4.78, 5) is 37.7. The number of hydrogen-bond acceptors (Lipinski definition) is 7. The van der Waals surface area contributed by atoms with E-state index >= 15 is 0 Å². The molecule has 0 aromatic carbocycles. The van der Waals surface area contributed by atoms with Crippen LogP contribution in [0.15, 0.2) is 43.9 Å². The van der Waals surface area contributed by atoms with Crippen LogP contribution in [0.25, 0.3) is 5.03 Å². The molecule has 0 aliphatic carbocycles. The predicted octanol–water partition coefficient (Wildman–Crippen LogP) is 4.07. The van der Waals surface area contributed by atoms with E-state index in [2.05, 4.69) is 5.32 Å². The molecule has 0 radical (unpaired) electrons. The van der Waals surface area contributed by atoms with Crippen molar-refractivity contribution in [2.24, 2.45) is 5.92 Å². The summed E-state index contributed by atoms with van der Waals surface area (Å²) in [6.07, 6.45) is 1.40. The number of dihydropyridines is 1. The van der Waals surface area contributed by atoms with E-state index in [1.165, 1.54) is 12.1 Å². The lowest BCUT2D eigenvalue weighted by atomic mass is 9.84. The van der Waals surface area contributed by atoms with Crippen molar-refractivity contribution in [3.8, 4) is 0 Å². The molecule has 2 rings (SSSR count). The first-order valence-corrected chi connectivity index (χ1v) is 10.1. The van der Waals surface area contributed by atoms with Gasteiger partial charge < -0.3 is 19.2 Å². The van der Waals surface area contributed by atoms with Gasteiger partial charge in [0.15, 0.2) is 0 Å². The molecule has 1 aromatic heterocycles. The average molecular weight is 456 g/mol. The minimum Gasteiger partial charge on any atom is -0.463 e. The number of esters is 2. The summed E-state index contributed by atoms with van der Waals surface area (Å²) in [5, 5.41) is 3.04. The molecule has 1 aliphatic heterocycles. The van der Waals surface area contributed by atoms with Crippen LogP contribution in [0.3, 0.4) is 0 Å². The predicted molar refractivity (Wildman–Crippen MR) is 114 cm³/mol. The maximum atomic E-state index is 12.7. The van der Waals surface area contributed by atoms with Gasteiger partial charge in [0.1, 0.15) is 5.76 Å². The van der Waals surface area contributed by atoms with Crippen molar-refractivity contribution in [2.45, 2.75) is 34.6 Å². The molecule has 7 nitrogen and oxygen atoms in total. The standard InChI is InChI=1S/C21H23Cl2NO6/c1-6-28-19(25)16-11(4)24-12(5)17(20(26)29-7-2)13(16)9-15(23)18-14(22)8-10(3)30-21(18)27/h8-9,13,24H,6-7H2,1-5H3/b15-9-. The molecule has 9 heteroatoms. The molecular weight excluding hydrogens is 433 g/mol. The van der Waals surface area contributed by atoms with Crippen molar-refractivity contribution < 1.29 is 23.5 Å². The maximum Gasteiger partial charge on any atom is 0.346 e. The first-order valence-electron chi connectivity index (χ1n) is 9.33. The highest BCUT2D eigenvalue weighted by Gasteiger charge is 2.36. The van der Waals surface area contributed by atoms with Gasteiger partial charge >= 0.3 is 17.6 Å². The first kappa shape index (κ1) is 23.8. The second kappa shape index (κ2) is 10.00. The second-order valence-electron chi connectivity index (χ2n) is 6.50. The van der Waals surface area contributed by atoms with E-state index in [9.17, 15) is 14.4 Å². The SMILES string of the molecule is CCOC(=O)C1=C(C)NC(C)=C(C(=O)OCC)C1/C=C(\Cl)c1c(Cl)cc(C)oc1=O. The summed E-state index contributed by atoms with van der Waals surface area (Å²) in [5.74, 6) is -1.84. The largest absolute Gasteiger partial charge is 0.463 e. The van der Waals surface area contributed by atoms with Gasteiger partial charge in [-0.3, -0.25) is 0 Å². The van der Waals surface area contributed by atoms with E-state index < -0.39 is 23.5 Å². The highest BCUT2D eigenvalue weighted by molar-refractivity contribution is 6.50. The van der Waals surface area contributed by atoms with Crippen molar-refractivity contribution in [1.29, 1.82) is 0 Å². The molecule has 0 atom stereocenters. The van der Waals surface area contributed by atoms with Crippen LogP contribution < -0.4 is 10.9 Å².